The van der Waals surface area contributed by atoms with Gasteiger partial charge in [0.15, 0.2) is 0 Å². The van der Waals surface area contributed by atoms with E-state index in [0.29, 0.717) is 0 Å². The molecule has 0 unspecified atom stereocenters. The normalized spacial score (nSPS) is 14.3. The van der Waals surface area contributed by atoms with Gasteiger partial charge in [0.25, 0.3) is 0 Å². The summed E-state index contributed by atoms with van der Waals surface area (Å²) in [5.74, 6) is 0. The predicted octanol–water partition coefficient (Wildman–Crippen LogP) is 7.18. The number of halogens is 1. The van der Waals surface area contributed by atoms with Gasteiger partial charge in [-0.15, -0.1) is 0 Å². The fourth-order valence-electron chi connectivity index (χ4n) is 4.22. The quantitative estimate of drug-likeness (QED) is 0.460. The molecule has 0 aliphatic heterocycles. The van der Waals surface area contributed by atoms with Crippen molar-refractivity contribution >= 4 is 11.6 Å². The van der Waals surface area contributed by atoms with Gasteiger partial charge in [-0.25, -0.2) is 0 Å². The van der Waals surface area contributed by atoms with Gasteiger partial charge < -0.3 is 0 Å². The van der Waals surface area contributed by atoms with Crippen molar-refractivity contribution in [1.82, 2.24) is 0 Å². The summed E-state index contributed by atoms with van der Waals surface area (Å²) >= 11 is 6.31. The van der Waals surface area contributed by atoms with Crippen LogP contribution in [0.3, 0.4) is 0 Å². The molecule has 4 rings (SSSR count). The molecular weight excluding hydrogens is 324 g/mol. The Hall–Kier alpha value is -2.05. The Bertz CT molecular complexity index is 979. The molecule has 3 aromatic rings. The van der Waals surface area contributed by atoms with Crippen molar-refractivity contribution < 1.29 is 0 Å². The number of rotatable bonds is 2. The highest BCUT2D eigenvalue weighted by Gasteiger charge is 2.35. The number of aryl methyl sites for hydroxylation is 2. The van der Waals surface area contributed by atoms with E-state index < -0.39 is 0 Å². The van der Waals surface area contributed by atoms with Gasteiger partial charge in [0.05, 0.1) is 0 Å². The molecule has 0 heterocycles. The first-order valence-electron chi connectivity index (χ1n) is 8.97. The van der Waals surface area contributed by atoms with E-state index >= 15 is 0 Å². The molecule has 0 nitrogen and oxygen atoms in total. The molecule has 0 bridgehead atoms. The minimum Gasteiger partial charge on any atom is -0.0843 e. The van der Waals surface area contributed by atoms with Crippen LogP contribution in [0, 0.1) is 6.92 Å². The summed E-state index contributed by atoms with van der Waals surface area (Å²) in [6.07, 6.45) is 1.01. The van der Waals surface area contributed by atoms with Crippen LogP contribution < -0.4 is 0 Å². The summed E-state index contributed by atoms with van der Waals surface area (Å²) in [6, 6.07) is 19.8. The molecule has 0 fully saturated rings. The van der Waals surface area contributed by atoms with E-state index in [0.717, 1.165) is 11.4 Å². The first-order valence-corrected chi connectivity index (χ1v) is 9.35. The summed E-state index contributed by atoms with van der Waals surface area (Å²) in [5, 5.41) is 0.797. The summed E-state index contributed by atoms with van der Waals surface area (Å²) in [6.45, 7) is 9.06. The largest absolute Gasteiger partial charge is 0.0843 e. The van der Waals surface area contributed by atoms with Crippen LogP contribution >= 0.6 is 11.6 Å². The van der Waals surface area contributed by atoms with Gasteiger partial charge in [0.1, 0.15) is 0 Å². The van der Waals surface area contributed by atoms with E-state index in [1.54, 1.807) is 0 Å². The Morgan fingerprint density at radius 1 is 0.800 bits per heavy atom. The van der Waals surface area contributed by atoms with Crippen LogP contribution in [0.25, 0.3) is 22.3 Å². The summed E-state index contributed by atoms with van der Waals surface area (Å²) in [7, 11) is 0. The van der Waals surface area contributed by atoms with Crippen LogP contribution in [0.15, 0.2) is 54.6 Å². The zero-order chi connectivity index (χ0) is 17.8. The van der Waals surface area contributed by atoms with Crippen LogP contribution in [0.2, 0.25) is 5.02 Å². The summed E-state index contributed by atoms with van der Waals surface area (Å²) in [4.78, 5) is 0. The second-order valence-electron chi connectivity index (χ2n) is 7.54. The second kappa shape index (κ2) is 5.75. The minimum atomic E-state index is 0.0272. The molecule has 126 valence electrons. The van der Waals surface area contributed by atoms with E-state index in [1.807, 2.05) is 6.07 Å². The SMILES string of the molecule is CCc1cc2c(cc1-c1cc(Cl)ccc1C)C(C)(C)c1ccccc1-2. The zero-order valence-electron chi connectivity index (χ0n) is 15.3. The fourth-order valence-corrected chi connectivity index (χ4v) is 4.39. The molecule has 0 radical (unpaired) electrons. The third-order valence-electron chi connectivity index (χ3n) is 5.68. The van der Waals surface area contributed by atoms with Gasteiger partial charge in [-0.1, -0.05) is 68.8 Å². The minimum absolute atomic E-state index is 0.0272. The molecule has 25 heavy (non-hydrogen) atoms. The van der Waals surface area contributed by atoms with Crippen molar-refractivity contribution in [3.8, 4) is 22.3 Å². The van der Waals surface area contributed by atoms with Gasteiger partial charge in [0, 0.05) is 10.4 Å². The summed E-state index contributed by atoms with van der Waals surface area (Å²) in [5.41, 5.74) is 10.9. The van der Waals surface area contributed by atoms with Crippen LogP contribution in [-0.4, -0.2) is 0 Å². The second-order valence-corrected chi connectivity index (χ2v) is 7.97. The van der Waals surface area contributed by atoms with Gasteiger partial charge in [0.2, 0.25) is 0 Å². The van der Waals surface area contributed by atoms with Crippen molar-refractivity contribution in [2.24, 2.45) is 0 Å². The Morgan fingerprint density at radius 3 is 2.32 bits per heavy atom. The molecule has 1 aliphatic carbocycles. The average Bonchev–Trinajstić information content (AvgIpc) is 2.84. The third kappa shape index (κ3) is 2.43. The zero-order valence-corrected chi connectivity index (χ0v) is 16.0. The fraction of sp³-hybridized carbons (Fsp3) is 0.250. The van der Waals surface area contributed by atoms with Gasteiger partial charge >= 0.3 is 0 Å². The lowest BCUT2D eigenvalue weighted by atomic mass is 9.80. The summed E-state index contributed by atoms with van der Waals surface area (Å²) < 4.78 is 0. The topological polar surface area (TPSA) is 0 Å². The standard InChI is InChI=1S/C24H23Cl/c1-5-16-12-21-18-8-6-7-9-22(18)24(3,4)23(21)14-20(16)19-13-17(25)11-10-15(19)2/h6-14H,5H2,1-4H3. The van der Waals surface area contributed by atoms with Crippen LogP contribution in [0.1, 0.15) is 43.0 Å². The third-order valence-corrected chi connectivity index (χ3v) is 5.91. The monoisotopic (exact) mass is 346 g/mol. The smallest absolute Gasteiger partial charge is 0.0412 e. The van der Waals surface area contributed by atoms with E-state index in [2.05, 4.69) is 76.2 Å². The number of hydrogen-bond donors (Lipinski definition) is 0. The lowest BCUT2D eigenvalue weighted by Gasteiger charge is -2.23. The van der Waals surface area contributed by atoms with Crippen molar-refractivity contribution in [3.05, 3.63) is 81.9 Å². The molecular formula is C24H23Cl. The molecule has 3 aromatic carbocycles. The van der Waals surface area contributed by atoms with E-state index in [1.165, 1.54) is 44.5 Å². The lowest BCUT2D eigenvalue weighted by Crippen LogP contribution is -2.15. The van der Waals surface area contributed by atoms with Gasteiger partial charge in [-0.3, -0.25) is 0 Å². The first kappa shape index (κ1) is 16.4. The van der Waals surface area contributed by atoms with Crippen LogP contribution in [-0.2, 0) is 11.8 Å². The Balaban J connectivity index is 2.02. The molecule has 0 atom stereocenters. The van der Waals surface area contributed by atoms with Crippen molar-refractivity contribution in [2.45, 2.75) is 39.5 Å². The molecule has 0 saturated heterocycles. The van der Waals surface area contributed by atoms with E-state index in [4.69, 9.17) is 11.6 Å². The van der Waals surface area contributed by atoms with Crippen LogP contribution in [0.4, 0.5) is 0 Å². The molecule has 0 saturated carbocycles. The van der Waals surface area contributed by atoms with Crippen molar-refractivity contribution in [2.75, 3.05) is 0 Å². The van der Waals surface area contributed by atoms with Crippen molar-refractivity contribution in [1.29, 1.82) is 0 Å². The molecule has 0 amide bonds. The maximum absolute atomic E-state index is 6.31. The van der Waals surface area contributed by atoms with Crippen molar-refractivity contribution in [3.63, 3.8) is 0 Å². The molecule has 0 spiro atoms. The number of hydrogen-bond acceptors (Lipinski definition) is 0. The van der Waals surface area contributed by atoms with E-state index in [9.17, 15) is 0 Å². The molecule has 1 heteroatoms. The molecule has 0 N–H and O–H groups in total. The number of fused-ring (bicyclic) bond motifs is 3. The average molecular weight is 347 g/mol. The Morgan fingerprint density at radius 2 is 1.56 bits per heavy atom. The maximum atomic E-state index is 6.31. The van der Waals surface area contributed by atoms with E-state index in [-0.39, 0.29) is 5.41 Å². The Labute approximate surface area is 155 Å². The van der Waals surface area contributed by atoms with Crippen LogP contribution in [0.5, 0.6) is 0 Å². The van der Waals surface area contributed by atoms with Gasteiger partial charge in [-0.05, 0) is 76.1 Å². The highest BCUT2D eigenvalue weighted by Crippen LogP contribution is 2.50. The molecule has 0 aromatic heterocycles. The highest BCUT2D eigenvalue weighted by atomic mass is 35.5. The van der Waals surface area contributed by atoms with Gasteiger partial charge in [-0.2, -0.15) is 0 Å². The lowest BCUT2D eigenvalue weighted by molar-refractivity contribution is 0.660. The Kier molecular flexibility index (Phi) is 3.77. The maximum Gasteiger partial charge on any atom is 0.0412 e. The highest BCUT2D eigenvalue weighted by molar-refractivity contribution is 6.30. The predicted molar refractivity (Wildman–Crippen MR) is 109 cm³/mol. The first-order chi connectivity index (χ1) is 11.9. The number of benzene rings is 3. The molecule has 1 aliphatic rings.